The van der Waals surface area contributed by atoms with Crippen LogP contribution in [0.2, 0.25) is 0 Å². The summed E-state index contributed by atoms with van der Waals surface area (Å²) in [7, 11) is 1.47. The first kappa shape index (κ1) is 11.0. The molecule has 1 unspecified atom stereocenters. The van der Waals surface area contributed by atoms with Gasteiger partial charge in [-0.15, -0.1) is 0 Å². The molecule has 0 aliphatic heterocycles. The highest BCUT2D eigenvalue weighted by Gasteiger charge is 2.31. The molecule has 0 bridgehead atoms. The number of benzene rings is 1. The minimum absolute atomic E-state index is 0.0264. The normalized spacial score (nSPS) is 19.3. The fraction of sp³-hybridized carbons (Fsp3) is 0.385. The first-order valence-corrected chi connectivity index (χ1v) is 5.38. The summed E-state index contributed by atoms with van der Waals surface area (Å²) in [5.74, 6) is -0.666. The highest BCUT2D eigenvalue weighted by Crippen LogP contribution is 2.25. The SMILES string of the molecule is COCC(=O)C1CCc2ccccc2C1=O. The van der Waals surface area contributed by atoms with Crippen LogP contribution in [-0.2, 0) is 16.0 Å². The van der Waals surface area contributed by atoms with Crippen LogP contribution in [0.4, 0.5) is 0 Å². The van der Waals surface area contributed by atoms with Crippen LogP contribution in [0.25, 0.3) is 0 Å². The van der Waals surface area contributed by atoms with Gasteiger partial charge in [0.2, 0.25) is 0 Å². The molecule has 0 N–H and O–H groups in total. The molecule has 1 atom stereocenters. The second-order valence-electron chi connectivity index (χ2n) is 4.01. The van der Waals surface area contributed by atoms with E-state index < -0.39 is 5.92 Å². The van der Waals surface area contributed by atoms with Gasteiger partial charge in [0, 0.05) is 12.7 Å². The Morgan fingerprint density at radius 1 is 1.44 bits per heavy atom. The van der Waals surface area contributed by atoms with E-state index in [0.29, 0.717) is 12.0 Å². The number of Topliss-reactive ketones (excluding diaryl/α,β-unsaturated/α-hetero) is 2. The summed E-state index contributed by atoms with van der Waals surface area (Å²) >= 11 is 0. The Balaban J connectivity index is 2.24. The molecule has 0 amide bonds. The summed E-state index contributed by atoms with van der Waals surface area (Å²) < 4.78 is 4.79. The predicted molar refractivity (Wildman–Crippen MR) is 59.5 cm³/mol. The van der Waals surface area contributed by atoms with Crippen LogP contribution in [0, 0.1) is 5.92 Å². The van der Waals surface area contributed by atoms with Crippen LogP contribution in [0.15, 0.2) is 24.3 Å². The predicted octanol–water partition coefficient (Wildman–Crippen LogP) is 1.65. The molecule has 1 aliphatic carbocycles. The summed E-state index contributed by atoms with van der Waals surface area (Å²) in [6.45, 7) is 0.0264. The van der Waals surface area contributed by atoms with E-state index in [0.717, 1.165) is 12.0 Å². The number of hydrogen-bond acceptors (Lipinski definition) is 3. The lowest BCUT2D eigenvalue weighted by atomic mass is 9.81. The van der Waals surface area contributed by atoms with Crippen LogP contribution in [0.1, 0.15) is 22.3 Å². The number of ether oxygens (including phenoxy) is 1. The Bertz CT molecular complexity index is 423. The zero-order valence-corrected chi connectivity index (χ0v) is 9.23. The van der Waals surface area contributed by atoms with Crippen molar-refractivity contribution in [2.75, 3.05) is 13.7 Å². The maximum atomic E-state index is 12.1. The second-order valence-corrected chi connectivity index (χ2v) is 4.01. The average molecular weight is 218 g/mol. The molecule has 84 valence electrons. The quantitative estimate of drug-likeness (QED) is 0.724. The third kappa shape index (κ3) is 1.91. The molecule has 0 heterocycles. The van der Waals surface area contributed by atoms with Crippen molar-refractivity contribution in [1.82, 2.24) is 0 Å². The number of carbonyl (C=O) groups excluding carboxylic acids is 2. The van der Waals surface area contributed by atoms with E-state index in [-0.39, 0.29) is 18.2 Å². The number of rotatable bonds is 3. The van der Waals surface area contributed by atoms with Crippen LogP contribution < -0.4 is 0 Å². The Hall–Kier alpha value is -1.48. The lowest BCUT2D eigenvalue weighted by molar-refractivity contribution is -0.125. The number of ketones is 2. The molecule has 0 spiro atoms. The fourth-order valence-corrected chi connectivity index (χ4v) is 2.15. The Kier molecular flexibility index (Phi) is 3.15. The number of aryl methyl sites for hydroxylation is 1. The second kappa shape index (κ2) is 4.58. The molecule has 0 radical (unpaired) electrons. The molecule has 0 fully saturated rings. The molecule has 1 aliphatic rings. The maximum Gasteiger partial charge on any atom is 0.173 e. The van der Waals surface area contributed by atoms with E-state index in [9.17, 15) is 9.59 Å². The first-order chi connectivity index (χ1) is 7.74. The minimum Gasteiger partial charge on any atom is -0.377 e. The van der Waals surface area contributed by atoms with Gasteiger partial charge in [0.05, 0.1) is 5.92 Å². The van der Waals surface area contributed by atoms with Gasteiger partial charge in [0.15, 0.2) is 11.6 Å². The summed E-state index contributed by atoms with van der Waals surface area (Å²) in [5.41, 5.74) is 1.75. The van der Waals surface area contributed by atoms with Gasteiger partial charge in [-0.25, -0.2) is 0 Å². The molecule has 0 aromatic heterocycles. The molecule has 3 nitrogen and oxygen atoms in total. The zero-order chi connectivity index (χ0) is 11.5. The van der Waals surface area contributed by atoms with Crippen molar-refractivity contribution >= 4 is 11.6 Å². The minimum atomic E-state index is -0.505. The molecular formula is C13H14O3. The van der Waals surface area contributed by atoms with Gasteiger partial charge < -0.3 is 4.74 Å². The van der Waals surface area contributed by atoms with Gasteiger partial charge >= 0.3 is 0 Å². The van der Waals surface area contributed by atoms with Gasteiger partial charge in [0.25, 0.3) is 0 Å². The van der Waals surface area contributed by atoms with E-state index in [1.165, 1.54) is 7.11 Å². The van der Waals surface area contributed by atoms with Gasteiger partial charge in [-0.2, -0.15) is 0 Å². The number of fused-ring (bicyclic) bond motifs is 1. The zero-order valence-electron chi connectivity index (χ0n) is 9.23. The first-order valence-electron chi connectivity index (χ1n) is 5.38. The van der Waals surface area contributed by atoms with Crippen LogP contribution in [0.3, 0.4) is 0 Å². The van der Waals surface area contributed by atoms with Crippen LogP contribution in [-0.4, -0.2) is 25.3 Å². The van der Waals surface area contributed by atoms with Crippen LogP contribution in [0.5, 0.6) is 0 Å². The van der Waals surface area contributed by atoms with Crippen molar-refractivity contribution in [2.45, 2.75) is 12.8 Å². The van der Waals surface area contributed by atoms with Gasteiger partial charge in [-0.3, -0.25) is 9.59 Å². The van der Waals surface area contributed by atoms with Crippen molar-refractivity contribution in [1.29, 1.82) is 0 Å². The molecule has 2 rings (SSSR count). The lowest BCUT2D eigenvalue weighted by Gasteiger charge is -2.21. The molecule has 1 aromatic rings. The topological polar surface area (TPSA) is 43.4 Å². The smallest absolute Gasteiger partial charge is 0.173 e. The Morgan fingerprint density at radius 3 is 2.94 bits per heavy atom. The number of methoxy groups -OCH3 is 1. The summed E-state index contributed by atoms with van der Waals surface area (Å²) in [6.07, 6.45) is 1.40. The monoisotopic (exact) mass is 218 g/mol. The average Bonchev–Trinajstić information content (AvgIpc) is 2.30. The van der Waals surface area contributed by atoms with E-state index in [1.54, 1.807) is 6.07 Å². The van der Waals surface area contributed by atoms with Crippen molar-refractivity contribution in [3.63, 3.8) is 0 Å². The largest absolute Gasteiger partial charge is 0.377 e. The third-order valence-electron chi connectivity index (χ3n) is 2.98. The van der Waals surface area contributed by atoms with Gasteiger partial charge in [-0.1, -0.05) is 24.3 Å². The van der Waals surface area contributed by atoms with Crippen molar-refractivity contribution in [2.24, 2.45) is 5.92 Å². The van der Waals surface area contributed by atoms with Crippen molar-refractivity contribution in [3.8, 4) is 0 Å². The summed E-state index contributed by atoms with van der Waals surface area (Å²) in [6, 6.07) is 7.50. The molecule has 3 heteroatoms. The molecule has 16 heavy (non-hydrogen) atoms. The molecule has 0 saturated heterocycles. The molecule has 1 aromatic carbocycles. The Morgan fingerprint density at radius 2 is 2.19 bits per heavy atom. The van der Waals surface area contributed by atoms with Crippen molar-refractivity contribution in [3.05, 3.63) is 35.4 Å². The van der Waals surface area contributed by atoms with Gasteiger partial charge in [-0.05, 0) is 18.4 Å². The van der Waals surface area contributed by atoms with Gasteiger partial charge in [0.1, 0.15) is 6.61 Å². The van der Waals surface area contributed by atoms with E-state index in [1.807, 2.05) is 18.2 Å². The van der Waals surface area contributed by atoms with E-state index in [4.69, 9.17) is 4.74 Å². The lowest BCUT2D eigenvalue weighted by Crippen LogP contribution is -2.31. The Labute approximate surface area is 94.4 Å². The maximum absolute atomic E-state index is 12.1. The van der Waals surface area contributed by atoms with Crippen molar-refractivity contribution < 1.29 is 14.3 Å². The van der Waals surface area contributed by atoms with E-state index >= 15 is 0 Å². The fourth-order valence-electron chi connectivity index (χ4n) is 2.15. The standard InChI is InChI=1S/C13H14O3/c1-16-8-12(14)11-7-6-9-4-2-3-5-10(9)13(11)15/h2-5,11H,6-8H2,1H3. The summed E-state index contributed by atoms with van der Waals surface area (Å²) in [5, 5.41) is 0. The number of hydrogen-bond donors (Lipinski definition) is 0. The molecule has 0 saturated carbocycles. The highest BCUT2D eigenvalue weighted by atomic mass is 16.5. The highest BCUT2D eigenvalue weighted by molar-refractivity contribution is 6.12. The van der Waals surface area contributed by atoms with Crippen LogP contribution >= 0.6 is 0 Å². The number of carbonyl (C=O) groups is 2. The third-order valence-corrected chi connectivity index (χ3v) is 2.98. The van der Waals surface area contributed by atoms with E-state index in [2.05, 4.69) is 0 Å². The summed E-state index contributed by atoms with van der Waals surface area (Å²) in [4.78, 5) is 23.7. The molecular weight excluding hydrogens is 204 g/mol.